The van der Waals surface area contributed by atoms with Crippen molar-refractivity contribution >= 4 is 27.3 Å². The summed E-state index contributed by atoms with van der Waals surface area (Å²) in [6.45, 7) is 5.76. The summed E-state index contributed by atoms with van der Waals surface area (Å²) < 4.78 is 26.7. The molecule has 1 aromatic carbocycles. The van der Waals surface area contributed by atoms with E-state index in [4.69, 9.17) is 5.26 Å². The summed E-state index contributed by atoms with van der Waals surface area (Å²) in [5, 5.41) is 11.8. The maximum absolute atomic E-state index is 12.8. The average Bonchev–Trinajstić information content (AvgIpc) is 3.21. The number of aromatic nitrogens is 1. The van der Waals surface area contributed by atoms with E-state index in [9.17, 15) is 13.2 Å². The van der Waals surface area contributed by atoms with Crippen molar-refractivity contribution in [3.05, 3.63) is 45.9 Å². The Labute approximate surface area is 181 Å². The van der Waals surface area contributed by atoms with E-state index in [-0.39, 0.29) is 23.8 Å². The van der Waals surface area contributed by atoms with Crippen molar-refractivity contribution in [2.45, 2.75) is 31.2 Å². The molecule has 1 aromatic heterocycles. The summed E-state index contributed by atoms with van der Waals surface area (Å²) in [6, 6.07) is 7.81. The van der Waals surface area contributed by atoms with Crippen LogP contribution in [-0.2, 0) is 23.0 Å². The summed E-state index contributed by atoms with van der Waals surface area (Å²) in [5.41, 5.74) is 1.54. The van der Waals surface area contributed by atoms with Crippen molar-refractivity contribution in [3.63, 3.8) is 0 Å². The zero-order valence-corrected chi connectivity index (χ0v) is 18.5. The molecule has 0 spiro atoms. The second-order valence-electron chi connectivity index (χ2n) is 6.98. The van der Waals surface area contributed by atoms with E-state index in [1.165, 1.54) is 24.3 Å². The Morgan fingerprint density at radius 2 is 1.93 bits per heavy atom. The normalized spacial score (nSPS) is 15.1. The molecule has 1 aliphatic heterocycles. The largest absolute Gasteiger partial charge is 0.336 e. The van der Waals surface area contributed by atoms with E-state index in [0.29, 0.717) is 18.7 Å². The predicted octanol–water partition coefficient (Wildman–Crippen LogP) is 1.86. The van der Waals surface area contributed by atoms with Crippen LogP contribution in [-0.4, -0.2) is 61.8 Å². The van der Waals surface area contributed by atoms with Gasteiger partial charge < -0.3 is 4.90 Å². The molecule has 0 saturated carbocycles. The predicted molar refractivity (Wildman–Crippen MR) is 115 cm³/mol. The Morgan fingerprint density at radius 1 is 1.23 bits per heavy atom. The van der Waals surface area contributed by atoms with Crippen molar-refractivity contribution in [3.8, 4) is 6.07 Å². The molecule has 3 rings (SSSR count). The maximum atomic E-state index is 12.8. The second kappa shape index (κ2) is 10.1. The van der Waals surface area contributed by atoms with Crippen LogP contribution in [0.5, 0.6) is 0 Å². The highest BCUT2D eigenvalue weighted by Gasteiger charge is 2.23. The Kier molecular flexibility index (Phi) is 7.55. The fraction of sp³-hybridized carbons (Fsp3) is 0.450. The first kappa shape index (κ1) is 22.4. The van der Waals surface area contributed by atoms with E-state index in [1.54, 1.807) is 16.2 Å². The van der Waals surface area contributed by atoms with Crippen LogP contribution in [0.3, 0.4) is 0 Å². The molecule has 160 valence electrons. The molecule has 30 heavy (non-hydrogen) atoms. The van der Waals surface area contributed by atoms with Gasteiger partial charge in [-0.05, 0) is 30.7 Å². The number of amides is 1. The third-order valence-electron chi connectivity index (χ3n) is 4.89. The van der Waals surface area contributed by atoms with Gasteiger partial charge in [-0.1, -0.05) is 6.92 Å². The minimum absolute atomic E-state index is 0.0600. The number of carbonyl (C=O) groups excluding carboxylic acids is 1. The average molecular weight is 448 g/mol. The number of piperazine rings is 1. The first-order valence-corrected chi connectivity index (χ1v) is 12.2. The molecule has 1 aliphatic rings. The highest BCUT2D eigenvalue weighted by molar-refractivity contribution is 7.89. The van der Waals surface area contributed by atoms with Crippen LogP contribution in [0.4, 0.5) is 0 Å². The van der Waals surface area contributed by atoms with Crippen LogP contribution in [0.15, 0.2) is 34.5 Å². The first-order valence-electron chi connectivity index (χ1n) is 9.84. The molecule has 0 radical (unpaired) electrons. The number of carbonyl (C=O) groups is 1. The van der Waals surface area contributed by atoms with Crippen LogP contribution in [0, 0.1) is 11.3 Å². The zero-order chi connectivity index (χ0) is 21.6. The van der Waals surface area contributed by atoms with E-state index in [2.05, 4.69) is 26.9 Å². The highest BCUT2D eigenvalue weighted by atomic mass is 32.2. The first-order chi connectivity index (χ1) is 14.4. The SMILES string of the molecule is CCc1nc(CN2CCN(C(=O)c3ccc(S(=O)(=O)NCCC#N)cc3)CC2)cs1. The molecule has 0 unspecified atom stereocenters. The van der Waals surface area contributed by atoms with Gasteiger partial charge in [-0.3, -0.25) is 9.69 Å². The van der Waals surface area contributed by atoms with Crippen molar-refractivity contribution in [1.82, 2.24) is 19.5 Å². The molecule has 0 bridgehead atoms. The number of hydrogen-bond acceptors (Lipinski definition) is 7. The Bertz CT molecular complexity index is 1000. The van der Waals surface area contributed by atoms with Crippen molar-refractivity contribution in [2.24, 2.45) is 0 Å². The summed E-state index contributed by atoms with van der Waals surface area (Å²) in [7, 11) is -3.67. The Hall–Kier alpha value is -2.32. The van der Waals surface area contributed by atoms with Gasteiger partial charge in [0, 0.05) is 56.6 Å². The Balaban J connectivity index is 1.54. The quantitative estimate of drug-likeness (QED) is 0.619. The van der Waals surface area contributed by atoms with Crippen molar-refractivity contribution < 1.29 is 13.2 Å². The van der Waals surface area contributed by atoms with Crippen molar-refractivity contribution in [1.29, 1.82) is 5.26 Å². The second-order valence-corrected chi connectivity index (χ2v) is 9.69. The smallest absolute Gasteiger partial charge is 0.253 e. The lowest BCUT2D eigenvalue weighted by Crippen LogP contribution is -2.48. The standard InChI is InChI=1S/C20H25N5O3S2/c1-2-19-23-17(15-29-19)14-24-10-12-25(13-11-24)20(26)16-4-6-18(7-5-16)30(27,28)22-9-3-8-21/h4-7,15,22H,2-3,9-14H2,1H3. The number of sulfonamides is 1. The molecule has 1 saturated heterocycles. The number of nitrogens with one attached hydrogen (secondary N) is 1. The number of hydrogen-bond donors (Lipinski definition) is 1. The number of thiazole rings is 1. The number of aryl methyl sites for hydroxylation is 1. The van der Waals surface area contributed by atoms with E-state index < -0.39 is 10.0 Å². The van der Waals surface area contributed by atoms with Crippen LogP contribution in [0.1, 0.15) is 34.4 Å². The van der Waals surface area contributed by atoms with Crippen LogP contribution in [0.25, 0.3) is 0 Å². The van der Waals surface area contributed by atoms with Gasteiger partial charge in [-0.2, -0.15) is 5.26 Å². The molecule has 1 amide bonds. The molecule has 8 nitrogen and oxygen atoms in total. The lowest BCUT2D eigenvalue weighted by Gasteiger charge is -2.34. The number of rotatable bonds is 8. The van der Waals surface area contributed by atoms with E-state index in [0.717, 1.165) is 36.8 Å². The monoisotopic (exact) mass is 447 g/mol. The number of nitrogens with zero attached hydrogens (tertiary/aromatic N) is 4. The van der Waals surface area contributed by atoms with Crippen molar-refractivity contribution in [2.75, 3.05) is 32.7 Å². The van der Waals surface area contributed by atoms with Gasteiger partial charge in [-0.25, -0.2) is 18.1 Å². The lowest BCUT2D eigenvalue weighted by molar-refractivity contribution is 0.0627. The van der Waals surface area contributed by atoms with Crippen LogP contribution >= 0.6 is 11.3 Å². The summed E-state index contributed by atoms with van der Waals surface area (Å²) >= 11 is 1.69. The topological polar surface area (TPSA) is 106 Å². The van der Waals surface area contributed by atoms with E-state index >= 15 is 0 Å². The molecule has 1 fully saturated rings. The molecule has 10 heteroatoms. The highest BCUT2D eigenvalue weighted by Crippen LogP contribution is 2.16. The maximum Gasteiger partial charge on any atom is 0.253 e. The summed E-state index contributed by atoms with van der Waals surface area (Å²) in [5.74, 6) is -0.0991. The van der Waals surface area contributed by atoms with E-state index in [1.807, 2.05) is 6.07 Å². The molecular formula is C20H25N5O3S2. The zero-order valence-electron chi connectivity index (χ0n) is 16.9. The third-order valence-corrected chi connectivity index (χ3v) is 7.41. The number of benzene rings is 1. The van der Waals surface area contributed by atoms with Crippen LogP contribution in [0.2, 0.25) is 0 Å². The van der Waals surface area contributed by atoms with Crippen LogP contribution < -0.4 is 4.72 Å². The van der Waals surface area contributed by atoms with Gasteiger partial charge in [0.1, 0.15) is 0 Å². The minimum Gasteiger partial charge on any atom is -0.336 e. The lowest BCUT2D eigenvalue weighted by atomic mass is 10.2. The van der Waals surface area contributed by atoms with Gasteiger partial charge >= 0.3 is 0 Å². The molecule has 2 aromatic rings. The number of nitriles is 1. The molecule has 0 atom stereocenters. The molecular weight excluding hydrogens is 422 g/mol. The molecule has 0 aliphatic carbocycles. The summed E-state index contributed by atoms with van der Waals surface area (Å²) in [6.07, 6.45) is 1.05. The fourth-order valence-corrected chi connectivity index (χ4v) is 4.97. The van der Waals surface area contributed by atoms with Gasteiger partial charge in [0.15, 0.2) is 0 Å². The molecule has 2 heterocycles. The van der Waals surface area contributed by atoms with Gasteiger partial charge in [0.25, 0.3) is 5.91 Å². The molecule has 1 N–H and O–H groups in total. The van der Waals surface area contributed by atoms with Gasteiger partial charge in [-0.15, -0.1) is 11.3 Å². The summed E-state index contributed by atoms with van der Waals surface area (Å²) in [4.78, 5) is 21.5. The minimum atomic E-state index is -3.67. The third kappa shape index (κ3) is 5.64. The fourth-order valence-electron chi connectivity index (χ4n) is 3.21. The van der Waals surface area contributed by atoms with Gasteiger partial charge in [0.05, 0.1) is 21.7 Å². The Morgan fingerprint density at radius 3 is 2.53 bits per heavy atom. The van der Waals surface area contributed by atoms with Gasteiger partial charge in [0.2, 0.25) is 10.0 Å².